The van der Waals surface area contributed by atoms with Gasteiger partial charge in [0.2, 0.25) is 15.9 Å². The summed E-state index contributed by atoms with van der Waals surface area (Å²) in [5, 5.41) is 0. The number of fused-ring (bicyclic) bond motifs is 1. The minimum atomic E-state index is -3.85. The first-order valence-corrected chi connectivity index (χ1v) is 9.65. The zero-order chi connectivity index (χ0) is 19.1. The molecular formula is C16H22N4O5S. The Kier molecular flexibility index (Phi) is 4.91. The lowest BCUT2D eigenvalue weighted by atomic mass is 10.3. The summed E-state index contributed by atoms with van der Waals surface area (Å²) in [6.07, 6.45) is 0. The summed E-state index contributed by atoms with van der Waals surface area (Å²) in [7, 11) is 0.743. The molecule has 1 aliphatic heterocycles. The first-order chi connectivity index (χ1) is 12.2. The molecule has 3 rings (SSSR count). The van der Waals surface area contributed by atoms with E-state index < -0.39 is 10.0 Å². The Hall–Kier alpha value is -2.17. The number of nitrogens with zero attached hydrogens (tertiary/aromatic N) is 4. The van der Waals surface area contributed by atoms with Crippen LogP contribution in [0, 0.1) is 0 Å². The number of morpholine rings is 1. The van der Waals surface area contributed by atoms with Crippen molar-refractivity contribution in [2.45, 2.75) is 4.90 Å². The maximum absolute atomic E-state index is 12.8. The number of aryl methyl sites for hydroxylation is 2. The van der Waals surface area contributed by atoms with Gasteiger partial charge in [0.25, 0.3) is 0 Å². The van der Waals surface area contributed by atoms with Crippen LogP contribution in [0.5, 0.6) is 0 Å². The first kappa shape index (κ1) is 18.6. The molecule has 0 radical (unpaired) electrons. The van der Waals surface area contributed by atoms with Crippen LogP contribution in [0.3, 0.4) is 0 Å². The number of imidazole rings is 1. The average Bonchev–Trinajstić information content (AvgIpc) is 2.86. The summed E-state index contributed by atoms with van der Waals surface area (Å²) in [6, 6.07) is 4.51. The van der Waals surface area contributed by atoms with Crippen LogP contribution in [0.2, 0.25) is 0 Å². The molecule has 1 amide bonds. The van der Waals surface area contributed by atoms with E-state index in [-0.39, 0.29) is 23.0 Å². The van der Waals surface area contributed by atoms with Crippen LogP contribution in [0.15, 0.2) is 27.9 Å². The molecule has 1 saturated heterocycles. The Morgan fingerprint density at radius 1 is 1.15 bits per heavy atom. The molecule has 9 nitrogen and oxygen atoms in total. The molecule has 0 saturated carbocycles. The van der Waals surface area contributed by atoms with Crippen LogP contribution < -0.4 is 5.69 Å². The van der Waals surface area contributed by atoms with Crippen LogP contribution in [0.1, 0.15) is 0 Å². The summed E-state index contributed by atoms with van der Waals surface area (Å²) in [4.78, 5) is 26.0. The van der Waals surface area contributed by atoms with Crippen molar-refractivity contribution >= 4 is 27.0 Å². The van der Waals surface area contributed by atoms with Gasteiger partial charge in [0.15, 0.2) is 0 Å². The minimum Gasteiger partial charge on any atom is -0.378 e. The van der Waals surface area contributed by atoms with Crippen molar-refractivity contribution < 1.29 is 17.9 Å². The SMILES string of the molecule is CN(CC(=O)N1CCOCC1)S(=O)(=O)c1ccc2c(c1)n(C)c(=O)n2C. The number of benzene rings is 1. The van der Waals surface area contributed by atoms with Crippen molar-refractivity contribution in [3.63, 3.8) is 0 Å². The highest BCUT2D eigenvalue weighted by Gasteiger charge is 2.26. The Morgan fingerprint density at radius 3 is 2.42 bits per heavy atom. The van der Waals surface area contributed by atoms with Gasteiger partial charge in [0, 0.05) is 34.2 Å². The highest BCUT2D eigenvalue weighted by molar-refractivity contribution is 7.89. The van der Waals surface area contributed by atoms with Crippen molar-refractivity contribution in [1.82, 2.24) is 18.3 Å². The Labute approximate surface area is 151 Å². The molecule has 0 atom stereocenters. The zero-order valence-corrected chi connectivity index (χ0v) is 15.8. The summed E-state index contributed by atoms with van der Waals surface area (Å²) in [6.45, 7) is 1.60. The number of aromatic nitrogens is 2. The number of amides is 1. The van der Waals surface area contributed by atoms with E-state index in [0.717, 1.165) is 4.31 Å². The van der Waals surface area contributed by atoms with Gasteiger partial charge < -0.3 is 9.64 Å². The second-order valence-electron chi connectivity index (χ2n) is 6.31. The molecule has 0 bridgehead atoms. The van der Waals surface area contributed by atoms with E-state index in [9.17, 15) is 18.0 Å². The molecule has 0 unspecified atom stereocenters. The van der Waals surface area contributed by atoms with E-state index in [0.29, 0.717) is 37.3 Å². The molecule has 1 aliphatic rings. The fourth-order valence-electron chi connectivity index (χ4n) is 3.02. The molecule has 1 aromatic carbocycles. The van der Waals surface area contributed by atoms with Crippen molar-refractivity contribution in [2.24, 2.45) is 14.1 Å². The van der Waals surface area contributed by atoms with Gasteiger partial charge in [-0.25, -0.2) is 13.2 Å². The van der Waals surface area contributed by atoms with Gasteiger partial charge in [0.1, 0.15) is 0 Å². The van der Waals surface area contributed by atoms with Gasteiger partial charge in [-0.05, 0) is 18.2 Å². The third kappa shape index (κ3) is 3.15. The van der Waals surface area contributed by atoms with E-state index >= 15 is 0 Å². The van der Waals surface area contributed by atoms with Gasteiger partial charge in [-0.3, -0.25) is 13.9 Å². The predicted molar refractivity (Wildman–Crippen MR) is 95.4 cm³/mol. The van der Waals surface area contributed by atoms with Crippen molar-refractivity contribution in [1.29, 1.82) is 0 Å². The molecule has 2 aromatic rings. The Bertz CT molecular complexity index is 1000. The van der Waals surface area contributed by atoms with Crippen LogP contribution in [-0.4, -0.2) is 72.6 Å². The third-order valence-corrected chi connectivity index (χ3v) is 6.47. The van der Waals surface area contributed by atoms with Crippen LogP contribution in [0.4, 0.5) is 0 Å². The van der Waals surface area contributed by atoms with Crippen LogP contribution in [-0.2, 0) is 33.7 Å². The zero-order valence-electron chi connectivity index (χ0n) is 15.0. The number of hydrogen-bond acceptors (Lipinski definition) is 5. The second kappa shape index (κ2) is 6.86. The number of ether oxygens (including phenoxy) is 1. The fraction of sp³-hybridized carbons (Fsp3) is 0.500. The molecule has 2 heterocycles. The first-order valence-electron chi connectivity index (χ1n) is 8.21. The van der Waals surface area contributed by atoms with E-state index in [1.165, 1.54) is 28.3 Å². The quantitative estimate of drug-likeness (QED) is 0.701. The summed E-state index contributed by atoms with van der Waals surface area (Å²) in [5.41, 5.74) is 0.931. The van der Waals surface area contributed by atoms with E-state index in [1.807, 2.05) is 0 Å². The van der Waals surface area contributed by atoms with Crippen molar-refractivity contribution in [3.05, 3.63) is 28.7 Å². The standard InChI is InChI=1S/C16H22N4O5S/c1-17(11-15(21)20-6-8-25-9-7-20)26(23,24)12-4-5-13-14(10-12)19(3)16(22)18(13)2/h4-5,10H,6-9,11H2,1-3H3. The number of likely N-dealkylation sites (N-methyl/N-ethyl adjacent to an activating group) is 1. The summed E-state index contributed by atoms with van der Waals surface area (Å²) in [5.74, 6) is -0.257. The van der Waals surface area contributed by atoms with Gasteiger partial charge in [-0.2, -0.15) is 4.31 Å². The van der Waals surface area contributed by atoms with Gasteiger partial charge in [0.05, 0.1) is 35.7 Å². The number of carbonyl (C=O) groups excluding carboxylic acids is 1. The Morgan fingerprint density at radius 2 is 1.77 bits per heavy atom. The van der Waals surface area contributed by atoms with Crippen LogP contribution >= 0.6 is 0 Å². The average molecular weight is 382 g/mol. The molecule has 142 valence electrons. The molecule has 0 spiro atoms. The molecular weight excluding hydrogens is 360 g/mol. The monoisotopic (exact) mass is 382 g/mol. The largest absolute Gasteiger partial charge is 0.378 e. The smallest absolute Gasteiger partial charge is 0.328 e. The predicted octanol–water partition coefficient (Wildman–Crippen LogP) is -0.644. The summed E-state index contributed by atoms with van der Waals surface area (Å²) < 4.78 is 34.8. The summed E-state index contributed by atoms with van der Waals surface area (Å²) >= 11 is 0. The maximum atomic E-state index is 12.8. The third-order valence-electron chi connectivity index (χ3n) is 4.67. The van der Waals surface area contributed by atoms with Crippen LogP contribution in [0.25, 0.3) is 11.0 Å². The molecule has 1 fully saturated rings. The van der Waals surface area contributed by atoms with Crippen molar-refractivity contribution in [2.75, 3.05) is 39.9 Å². The maximum Gasteiger partial charge on any atom is 0.328 e. The molecule has 10 heteroatoms. The van der Waals surface area contributed by atoms with E-state index in [1.54, 1.807) is 25.1 Å². The number of rotatable bonds is 4. The topological polar surface area (TPSA) is 93.8 Å². The highest BCUT2D eigenvalue weighted by Crippen LogP contribution is 2.20. The Balaban J connectivity index is 1.87. The molecule has 26 heavy (non-hydrogen) atoms. The van der Waals surface area contributed by atoms with E-state index in [2.05, 4.69) is 0 Å². The van der Waals surface area contributed by atoms with E-state index in [4.69, 9.17) is 4.74 Å². The lowest BCUT2D eigenvalue weighted by molar-refractivity contribution is -0.135. The lowest BCUT2D eigenvalue weighted by Gasteiger charge is -2.28. The van der Waals surface area contributed by atoms with Gasteiger partial charge in [-0.15, -0.1) is 0 Å². The highest BCUT2D eigenvalue weighted by atomic mass is 32.2. The fourth-order valence-corrected chi connectivity index (χ4v) is 4.16. The molecule has 1 aromatic heterocycles. The normalized spacial score (nSPS) is 15.8. The minimum absolute atomic E-state index is 0.0449. The second-order valence-corrected chi connectivity index (χ2v) is 8.35. The number of carbonyl (C=O) groups is 1. The molecule has 0 N–H and O–H groups in total. The number of sulfonamides is 1. The molecule has 0 aliphatic carbocycles. The number of hydrogen-bond donors (Lipinski definition) is 0. The van der Waals surface area contributed by atoms with Gasteiger partial charge in [-0.1, -0.05) is 0 Å². The van der Waals surface area contributed by atoms with Gasteiger partial charge >= 0.3 is 5.69 Å². The lowest BCUT2D eigenvalue weighted by Crippen LogP contribution is -2.46. The van der Waals surface area contributed by atoms with Crippen molar-refractivity contribution in [3.8, 4) is 0 Å².